The molecule has 0 atom stereocenters. The Morgan fingerprint density at radius 1 is 0.500 bits per heavy atom. The summed E-state index contributed by atoms with van der Waals surface area (Å²) in [6.45, 7) is 1.93. The van der Waals surface area contributed by atoms with Gasteiger partial charge in [-0.3, -0.25) is 0 Å². The van der Waals surface area contributed by atoms with E-state index in [1.54, 1.807) is 6.92 Å². The largest absolute Gasteiger partial charge is 0.822 e. The van der Waals surface area contributed by atoms with Crippen molar-refractivity contribution in [3.63, 3.8) is 0 Å². The molecule has 0 bridgehead atoms. The van der Waals surface area contributed by atoms with Gasteiger partial charge in [-0.05, 0) is 6.92 Å². The van der Waals surface area contributed by atoms with Gasteiger partial charge in [0.1, 0.15) is 0 Å². The first-order chi connectivity index (χ1) is 9.41. The van der Waals surface area contributed by atoms with Crippen molar-refractivity contribution < 1.29 is 145 Å². The SMILES string of the molecule is CCO.O=P([O-])([O-])[O-].O=P([O-])([O-])[O-].O=P([O-])([O-])[O-].O=P([O-])([O-])[O-].[W].[W].[W]. The zero-order valence-electron chi connectivity index (χ0n) is 11.7. The number of hydrogen-bond donors (Lipinski definition) is 1. The average molecular weight is 977 g/mol. The minimum Gasteiger partial charge on any atom is -0.822 e. The van der Waals surface area contributed by atoms with Crippen LogP contribution < -0.4 is 58.7 Å². The molecular weight excluding hydrogens is 971 g/mol. The first-order valence-electron chi connectivity index (χ1n) is 3.94. The van der Waals surface area contributed by atoms with Crippen LogP contribution in [0.25, 0.3) is 0 Å². The third kappa shape index (κ3) is 2820. The second-order valence-electron chi connectivity index (χ2n) is 2.11. The van der Waals surface area contributed by atoms with Gasteiger partial charge in [0.25, 0.3) is 0 Å². The van der Waals surface area contributed by atoms with Gasteiger partial charge in [0.05, 0.1) is 0 Å². The maximum atomic E-state index is 8.55. The molecule has 0 rings (SSSR count). The van der Waals surface area contributed by atoms with Crippen molar-refractivity contribution >= 4 is 31.3 Å². The predicted molar refractivity (Wildman–Crippen MR) is 43.2 cm³/mol. The molecule has 0 aromatic carbocycles. The van der Waals surface area contributed by atoms with Crippen molar-refractivity contribution in [2.24, 2.45) is 0 Å². The molecule has 0 aliphatic heterocycles. The van der Waals surface area contributed by atoms with Gasteiger partial charge in [-0.2, -0.15) is 31.3 Å². The van der Waals surface area contributed by atoms with Crippen LogP contribution >= 0.6 is 31.3 Å². The van der Waals surface area contributed by atoms with Crippen LogP contribution in [0.3, 0.4) is 0 Å². The van der Waals surface area contributed by atoms with Crippen molar-refractivity contribution in [1.29, 1.82) is 0 Å². The average Bonchev–Trinajstić information content (AvgIpc) is 1.87. The normalized spacial score (nSPS) is 9.77. The summed E-state index contributed by atoms with van der Waals surface area (Å²) in [5.41, 5.74) is 0. The van der Waals surface area contributed by atoms with Crippen LogP contribution in [0, 0.1) is 0 Å². The zero-order chi connectivity index (χ0) is 20.7. The Kier molecular flexibility index (Phi) is 50.3. The van der Waals surface area contributed by atoms with Crippen LogP contribution in [0.1, 0.15) is 6.92 Å². The molecule has 26 heavy (non-hydrogen) atoms. The molecule has 0 radical (unpaired) electrons. The second kappa shape index (κ2) is 25.5. The van der Waals surface area contributed by atoms with Crippen molar-refractivity contribution in [2.75, 3.05) is 6.61 Å². The number of hydrogen-bond acceptors (Lipinski definition) is 17. The monoisotopic (exact) mass is 978 g/mol. The Balaban J connectivity index is -0.0000000255. The quantitative estimate of drug-likeness (QED) is 0.220. The van der Waals surface area contributed by atoms with E-state index in [9.17, 15) is 0 Å². The van der Waals surface area contributed by atoms with Gasteiger partial charge in [0, 0.05) is 69.8 Å². The Morgan fingerprint density at radius 3 is 0.500 bits per heavy atom. The van der Waals surface area contributed by atoms with Gasteiger partial charge in [-0.15, -0.1) is 0 Å². The molecule has 0 unspecified atom stereocenters. The van der Waals surface area contributed by atoms with E-state index in [2.05, 4.69) is 0 Å². The van der Waals surface area contributed by atoms with E-state index in [-0.39, 0.29) is 69.8 Å². The summed E-state index contributed by atoms with van der Waals surface area (Å²) in [5, 5.41) is 7.57. The fourth-order valence-corrected chi connectivity index (χ4v) is 0. The molecule has 0 aliphatic carbocycles. The molecule has 0 amide bonds. The molecule has 0 spiro atoms. The first-order valence-corrected chi connectivity index (χ1v) is 9.79. The van der Waals surface area contributed by atoms with Gasteiger partial charge in [0.2, 0.25) is 0 Å². The van der Waals surface area contributed by atoms with Gasteiger partial charge in [-0.1, -0.05) is 0 Å². The van der Waals surface area contributed by atoms with Gasteiger partial charge in [-0.25, -0.2) is 0 Å². The summed E-state index contributed by atoms with van der Waals surface area (Å²) in [6, 6.07) is 0. The molecule has 166 valence electrons. The van der Waals surface area contributed by atoms with E-state index in [1.165, 1.54) is 0 Å². The van der Waals surface area contributed by atoms with Gasteiger partial charge >= 0.3 is 0 Å². The smallest absolute Gasteiger partial charge is 0.0402 e. The Bertz CT molecular complexity index is 316. The Labute approximate surface area is 189 Å². The summed E-state index contributed by atoms with van der Waals surface area (Å²) in [6.07, 6.45) is 0. The summed E-state index contributed by atoms with van der Waals surface area (Å²) in [4.78, 5) is 103. The third-order valence-corrected chi connectivity index (χ3v) is 0. The molecular formula is C2H6O17P4W3-12. The molecule has 17 nitrogen and oxygen atoms in total. The van der Waals surface area contributed by atoms with E-state index < -0.39 is 31.3 Å². The molecule has 0 aromatic heterocycles. The number of phosphoric acid groups is 4. The van der Waals surface area contributed by atoms with E-state index in [0.29, 0.717) is 0 Å². The van der Waals surface area contributed by atoms with E-state index >= 15 is 0 Å². The van der Waals surface area contributed by atoms with Crippen molar-refractivity contribution in [1.82, 2.24) is 0 Å². The van der Waals surface area contributed by atoms with Gasteiger partial charge < -0.3 is 82.1 Å². The van der Waals surface area contributed by atoms with Crippen molar-refractivity contribution in [3.05, 3.63) is 0 Å². The predicted octanol–water partition coefficient (Wildman–Crippen LogP) is -11.3. The van der Waals surface area contributed by atoms with Crippen LogP contribution in [0.15, 0.2) is 0 Å². The molecule has 1 N–H and O–H groups in total. The molecule has 0 saturated carbocycles. The fourth-order valence-electron chi connectivity index (χ4n) is 0. The third-order valence-electron chi connectivity index (χ3n) is 0. The summed E-state index contributed by atoms with van der Waals surface area (Å²) in [7, 11) is -21.6. The Hall–Kier alpha value is 2.46. The van der Waals surface area contributed by atoms with E-state index in [1.807, 2.05) is 0 Å². The van der Waals surface area contributed by atoms with Crippen LogP contribution in [-0.2, 0) is 81.5 Å². The first kappa shape index (κ1) is 51.3. The van der Waals surface area contributed by atoms with Crippen LogP contribution in [0.5, 0.6) is 0 Å². The Morgan fingerprint density at radius 2 is 0.500 bits per heavy atom. The maximum Gasteiger partial charge on any atom is 0.0402 e. The molecule has 0 saturated heterocycles. The fraction of sp³-hybridized carbons (Fsp3) is 1.00. The molecule has 0 aromatic rings. The number of aliphatic hydroxyl groups excluding tert-OH is 1. The topological polar surface area (TPSA) is 365 Å². The standard InChI is InChI=1S/C2H6O.4H3O4P.3W/c1-2-3;4*1-5(2,3)4;;;/h3H,2H2,1H3;4*(H3,1,2,3,4);;;/p-12. The van der Waals surface area contributed by atoms with E-state index in [0.717, 1.165) is 0 Å². The zero-order valence-corrected chi connectivity index (χ0v) is 24.1. The number of rotatable bonds is 0. The summed E-state index contributed by atoms with van der Waals surface area (Å²) in [5.74, 6) is 0. The van der Waals surface area contributed by atoms with Crippen LogP contribution in [0.4, 0.5) is 0 Å². The molecule has 0 aliphatic rings. The minimum atomic E-state index is -5.39. The molecule has 0 fully saturated rings. The van der Waals surface area contributed by atoms with Crippen molar-refractivity contribution in [3.8, 4) is 0 Å². The number of aliphatic hydroxyl groups is 1. The molecule has 24 heteroatoms. The van der Waals surface area contributed by atoms with Crippen LogP contribution in [-0.4, -0.2) is 11.7 Å². The maximum absolute atomic E-state index is 8.55. The minimum absolute atomic E-state index is 0. The van der Waals surface area contributed by atoms with Crippen molar-refractivity contribution in [2.45, 2.75) is 6.92 Å². The van der Waals surface area contributed by atoms with Crippen LogP contribution in [0.2, 0.25) is 0 Å². The second-order valence-corrected chi connectivity index (χ2v) is 5.68. The molecule has 0 heterocycles. The van der Waals surface area contributed by atoms with E-state index in [4.69, 9.17) is 82.1 Å². The van der Waals surface area contributed by atoms with Gasteiger partial charge in [0.15, 0.2) is 0 Å². The summed E-state index contributed by atoms with van der Waals surface area (Å²) < 4.78 is 34.2. The summed E-state index contributed by atoms with van der Waals surface area (Å²) >= 11 is 0.